The fourth-order valence-electron chi connectivity index (χ4n) is 2.34. The van der Waals surface area contributed by atoms with Gasteiger partial charge in [0.25, 0.3) is 5.91 Å². The van der Waals surface area contributed by atoms with Crippen molar-refractivity contribution in [2.75, 3.05) is 5.32 Å². The van der Waals surface area contributed by atoms with Crippen molar-refractivity contribution >= 4 is 38.3 Å². The highest BCUT2D eigenvalue weighted by molar-refractivity contribution is 9.10. The molecule has 0 radical (unpaired) electrons. The summed E-state index contributed by atoms with van der Waals surface area (Å²) in [5.41, 5.74) is 2.94. The molecule has 0 bridgehead atoms. The molecule has 1 amide bonds. The molecule has 0 fully saturated rings. The number of carbonyl (C=O) groups excluding carboxylic acids is 1. The molecule has 0 aliphatic carbocycles. The number of benzene rings is 1. The molecule has 4 rings (SSSR count). The highest BCUT2D eigenvalue weighted by atomic mass is 79.9. The SMILES string of the molecule is O=C(Nc1nc(-c2ccccn2)cs1)c1ccc(-n2cc(Br)cn2)cc1. The summed E-state index contributed by atoms with van der Waals surface area (Å²) in [6.45, 7) is 0. The van der Waals surface area contributed by atoms with Crippen molar-refractivity contribution in [3.63, 3.8) is 0 Å². The van der Waals surface area contributed by atoms with Crippen molar-refractivity contribution in [3.8, 4) is 17.1 Å². The lowest BCUT2D eigenvalue weighted by Gasteiger charge is -2.04. The predicted octanol–water partition coefficient (Wildman–Crippen LogP) is 4.41. The lowest BCUT2D eigenvalue weighted by Crippen LogP contribution is -2.11. The first-order valence-corrected chi connectivity index (χ1v) is 9.35. The first kappa shape index (κ1) is 16.6. The summed E-state index contributed by atoms with van der Waals surface area (Å²) in [7, 11) is 0. The quantitative estimate of drug-likeness (QED) is 0.525. The van der Waals surface area contributed by atoms with Crippen LogP contribution in [0.4, 0.5) is 5.13 Å². The summed E-state index contributed by atoms with van der Waals surface area (Å²) in [5, 5.41) is 9.45. The van der Waals surface area contributed by atoms with E-state index in [-0.39, 0.29) is 5.91 Å². The Hall–Kier alpha value is -2.84. The highest BCUT2D eigenvalue weighted by Gasteiger charge is 2.11. The number of aromatic nitrogens is 4. The largest absolute Gasteiger partial charge is 0.298 e. The smallest absolute Gasteiger partial charge is 0.257 e. The van der Waals surface area contributed by atoms with Crippen molar-refractivity contribution in [1.29, 1.82) is 0 Å². The Balaban J connectivity index is 1.47. The van der Waals surface area contributed by atoms with Crippen LogP contribution < -0.4 is 5.32 Å². The number of halogens is 1. The third-order valence-electron chi connectivity index (χ3n) is 3.60. The summed E-state index contributed by atoms with van der Waals surface area (Å²) < 4.78 is 2.62. The van der Waals surface area contributed by atoms with Gasteiger partial charge in [0.05, 0.1) is 22.1 Å². The predicted molar refractivity (Wildman–Crippen MR) is 105 cm³/mol. The van der Waals surface area contributed by atoms with Crippen molar-refractivity contribution in [2.24, 2.45) is 0 Å². The maximum atomic E-state index is 12.4. The van der Waals surface area contributed by atoms with Crippen LogP contribution in [0.1, 0.15) is 10.4 Å². The van der Waals surface area contributed by atoms with Crippen LogP contribution in [0, 0.1) is 0 Å². The minimum atomic E-state index is -0.208. The third kappa shape index (κ3) is 3.56. The van der Waals surface area contributed by atoms with E-state index in [0.29, 0.717) is 10.7 Å². The van der Waals surface area contributed by atoms with Crippen LogP contribution in [-0.4, -0.2) is 25.7 Å². The number of anilines is 1. The number of rotatable bonds is 4. The van der Waals surface area contributed by atoms with Gasteiger partial charge in [-0.2, -0.15) is 5.10 Å². The number of nitrogens with one attached hydrogen (secondary N) is 1. The van der Waals surface area contributed by atoms with Gasteiger partial charge in [-0.3, -0.25) is 15.1 Å². The molecule has 3 heterocycles. The van der Waals surface area contributed by atoms with Gasteiger partial charge in [0.2, 0.25) is 0 Å². The first-order valence-electron chi connectivity index (χ1n) is 7.68. The van der Waals surface area contributed by atoms with Gasteiger partial charge in [-0.15, -0.1) is 11.3 Å². The fraction of sp³-hybridized carbons (Fsp3) is 0. The topological polar surface area (TPSA) is 72.7 Å². The monoisotopic (exact) mass is 425 g/mol. The molecule has 3 aromatic heterocycles. The number of pyridine rings is 1. The second-order valence-electron chi connectivity index (χ2n) is 5.36. The van der Waals surface area contributed by atoms with E-state index in [2.05, 4.69) is 36.3 Å². The number of carbonyl (C=O) groups is 1. The molecule has 0 saturated heterocycles. The van der Waals surface area contributed by atoms with E-state index in [1.165, 1.54) is 11.3 Å². The molecule has 8 heteroatoms. The van der Waals surface area contributed by atoms with Gasteiger partial charge in [-0.1, -0.05) is 6.07 Å². The van der Waals surface area contributed by atoms with Gasteiger partial charge < -0.3 is 0 Å². The van der Waals surface area contributed by atoms with Crippen LogP contribution in [0.2, 0.25) is 0 Å². The molecule has 4 aromatic rings. The highest BCUT2D eigenvalue weighted by Crippen LogP contribution is 2.23. The Morgan fingerprint density at radius 1 is 1.12 bits per heavy atom. The summed E-state index contributed by atoms with van der Waals surface area (Å²) >= 11 is 4.73. The molecule has 0 spiro atoms. The standard InChI is InChI=1S/C18H12BrN5OS/c19-13-9-21-24(10-13)14-6-4-12(5-7-14)17(25)23-18-22-16(11-26-18)15-3-1-2-8-20-15/h1-11H,(H,22,23,25). The van der Waals surface area contributed by atoms with Gasteiger partial charge in [-0.05, 0) is 52.3 Å². The van der Waals surface area contributed by atoms with Crippen molar-refractivity contribution in [2.45, 2.75) is 0 Å². The second-order valence-corrected chi connectivity index (χ2v) is 7.13. The van der Waals surface area contributed by atoms with Crippen LogP contribution in [0.5, 0.6) is 0 Å². The fourth-order valence-corrected chi connectivity index (χ4v) is 3.32. The Labute approximate surface area is 161 Å². The van der Waals surface area contributed by atoms with E-state index in [9.17, 15) is 4.79 Å². The summed E-state index contributed by atoms with van der Waals surface area (Å²) in [4.78, 5) is 21.1. The molecular formula is C18H12BrN5OS. The van der Waals surface area contributed by atoms with E-state index in [1.54, 1.807) is 29.2 Å². The lowest BCUT2D eigenvalue weighted by atomic mass is 10.2. The zero-order valence-corrected chi connectivity index (χ0v) is 15.7. The molecule has 1 N–H and O–H groups in total. The normalized spacial score (nSPS) is 10.7. The van der Waals surface area contributed by atoms with Crippen molar-refractivity contribution < 1.29 is 4.79 Å². The van der Waals surface area contributed by atoms with Crippen LogP contribution in [0.15, 0.2) is 70.9 Å². The second kappa shape index (κ2) is 7.19. The average molecular weight is 426 g/mol. The number of hydrogen-bond acceptors (Lipinski definition) is 5. The molecule has 1 aromatic carbocycles. The maximum Gasteiger partial charge on any atom is 0.257 e. The maximum absolute atomic E-state index is 12.4. The van der Waals surface area contributed by atoms with E-state index < -0.39 is 0 Å². The summed E-state index contributed by atoms with van der Waals surface area (Å²) in [6, 6.07) is 12.8. The zero-order chi connectivity index (χ0) is 17.9. The minimum Gasteiger partial charge on any atom is -0.298 e. The minimum absolute atomic E-state index is 0.208. The van der Waals surface area contributed by atoms with Gasteiger partial charge in [-0.25, -0.2) is 9.67 Å². The van der Waals surface area contributed by atoms with Crippen LogP contribution in [0.25, 0.3) is 17.1 Å². The lowest BCUT2D eigenvalue weighted by molar-refractivity contribution is 0.102. The van der Waals surface area contributed by atoms with Crippen molar-refractivity contribution in [1.82, 2.24) is 19.7 Å². The van der Waals surface area contributed by atoms with Crippen LogP contribution in [0.3, 0.4) is 0 Å². The Morgan fingerprint density at radius 2 is 1.96 bits per heavy atom. The average Bonchev–Trinajstić information content (AvgIpc) is 3.32. The summed E-state index contributed by atoms with van der Waals surface area (Å²) in [6.07, 6.45) is 5.28. The molecule has 0 unspecified atom stereocenters. The molecular weight excluding hydrogens is 414 g/mol. The molecule has 0 aliphatic rings. The van der Waals surface area contributed by atoms with Crippen LogP contribution >= 0.6 is 27.3 Å². The van der Waals surface area contributed by atoms with Crippen LogP contribution in [-0.2, 0) is 0 Å². The molecule has 0 aliphatic heterocycles. The van der Waals surface area contributed by atoms with Gasteiger partial charge >= 0.3 is 0 Å². The third-order valence-corrected chi connectivity index (χ3v) is 4.76. The first-order chi connectivity index (χ1) is 12.7. The Bertz CT molecular complexity index is 1040. The molecule has 128 valence electrons. The summed E-state index contributed by atoms with van der Waals surface area (Å²) in [5.74, 6) is -0.208. The molecule has 6 nitrogen and oxygen atoms in total. The van der Waals surface area contributed by atoms with E-state index in [1.807, 2.05) is 41.9 Å². The van der Waals surface area contributed by atoms with E-state index >= 15 is 0 Å². The number of amides is 1. The van der Waals surface area contributed by atoms with Gasteiger partial charge in [0.15, 0.2) is 5.13 Å². The van der Waals surface area contributed by atoms with Crippen molar-refractivity contribution in [3.05, 3.63) is 76.5 Å². The van der Waals surface area contributed by atoms with E-state index in [0.717, 1.165) is 21.5 Å². The molecule has 26 heavy (non-hydrogen) atoms. The number of nitrogens with zero attached hydrogens (tertiary/aromatic N) is 4. The molecule has 0 saturated carbocycles. The number of thiazole rings is 1. The Kier molecular flexibility index (Phi) is 4.59. The van der Waals surface area contributed by atoms with Gasteiger partial charge in [0.1, 0.15) is 5.69 Å². The van der Waals surface area contributed by atoms with E-state index in [4.69, 9.17) is 0 Å². The molecule has 0 atom stereocenters. The number of hydrogen-bond donors (Lipinski definition) is 1. The Morgan fingerprint density at radius 3 is 2.65 bits per heavy atom. The van der Waals surface area contributed by atoms with Gasteiger partial charge in [0, 0.05) is 23.3 Å². The zero-order valence-electron chi connectivity index (χ0n) is 13.3.